The normalized spacial score (nSPS) is 10.3. The minimum Gasteiger partial charge on any atom is -0.391 e. The number of nitrogen functional groups attached to an aromatic ring is 2. The number of hydrogen-bond acceptors (Lipinski definition) is 5. The molecule has 0 unspecified atom stereocenters. The van der Waals surface area contributed by atoms with Crippen molar-refractivity contribution in [3.63, 3.8) is 0 Å². The molecule has 0 spiro atoms. The molecule has 94 valence electrons. The lowest BCUT2D eigenvalue weighted by Crippen LogP contribution is -2.17. The maximum absolute atomic E-state index is 11.5. The van der Waals surface area contributed by atoms with Crippen molar-refractivity contribution in [1.82, 2.24) is 9.97 Å². The fourth-order valence-corrected chi connectivity index (χ4v) is 1.57. The molecule has 0 saturated heterocycles. The van der Waals surface area contributed by atoms with E-state index in [0.29, 0.717) is 5.82 Å². The van der Waals surface area contributed by atoms with Crippen molar-refractivity contribution >= 4 is 17.2 Å². The van der Waals surface area contributed by atoms with Crippen LogP contribution in [-0.4, -0.2) is 24.1 Å². The van der Waals surface area contributed by atoms with Crippen LogP contribution in [0.5, 0.6) is 0 Å². The average molecular weight is 245 g/mol. The summed E-state index contributed by atoms with van der Waals surface area (Å²) < 4.78 is 0. The van der Waals surface area contributed by atoms with Crippen molar-refractivity contribution in [1.29, 1.82) is 0 Å². The number of aromatic nitrogens is 2. The van der Waals surface area contributed by atoms with Crippen molar-refractivity contribution in [2.75, 3.05) is 30.5 Å². The molecule has 1 heterocycles. The monoisotopic (exact) mass is 245 g/mol. The van der Waals surface area contributed by atoms with Crippen LogP contribution >= 0.6 is 0 Å². The molecule has 6 nitrogen and oxygen atoms in total. The van der Waals surface area contributed by atoms with E-state index in [1.54, 1.807) is 0 Å². The first-order valence-electron chi connectivity index (χ1n) is 5.42. The van der Waals surface area contributed by atoms with Gasteiger partial charge in [-0.05, 0) is 12.1 Å². The van der Waals surface area contributed by atoms with Crippen LogP contribution in [0.1, 0.15) is 0 Å². The Morgan fingerprint density at radius 3 is 2.61 bits per heavy atom. The molecule has 18 heavy (non-hydrogen) atoms. The number of anilines is 3. The summed E-state index contributed by atoms with van der Waals surface area (Å²) in [5.74, 6) is 0.458. The molecule has 2 rings (SSSR count). The van der Waals surface area contributed by atoms with E-state index in [-0.39, 0.29) is 11.5 Å². The number of nitrogens with one attached hydrogen (secondary N) is 1. The third-order valence-electron chi connectivity index (χ3n) is 2.62. The van der Waals surface area contributed by atoms with E-state index in [4.69, 9.17) is 11.5 Å². The highest BCUT2D eigenvalue weighted by Crippen LogP contribution is 2.21. The zero-order valence-electron chi connectivity index (χ0n) is 10.3. The van der Waals surface area contributed by atoms with Gasteiger partial charge in [0.1, 0.15) is 11.5 Å². The van der Waals surface area contributed by atoms with Gasteiger partial charge in [-0.1, -0.05) is 12.1 Å². The van der Waals surface area contributed by atoms with Crippen molar-refractivity contribution in [2.24, 2.45) is 0 Å². The number of benzene rings is 1. The van der Waals surface area contributed by atoms with Gasteiger partial charge in [-0.2, -0.15) is 0 Å². The van der Waals surface area contributed by atoms with Gasteiger partial charge < -0.3 is 21.4 Å². The average Bonchev–Trinajstić information content (AvgIpc) is 2.35. The maximum atomic E-state index is 11.5. The Labute approximate surface area is 104 Å². The second-order valence-corrected chi connectivity index (χ2v) is 4.16. The van der Waals surface area contributed by atoms with E-state index in [2.05, 4.69) is 9.97 Å². The summed E-state index contributed by atoms with van der Waals surface area (Å²) in [5.41, 5.74) is 12.4. The molecule has 0 bridgehead atoms. The molecule has 1 aromatic carbocycles. The van der Waals surface area contributed by atoms with E-state index >= 15 is 0 Å². The Kier molecular flexibility index (Phi) is 2.93. The number of nitrogens with zero attached hydrogens (tertiary/aromatic N) is 2. The zero-order chi connectivity index (χ0) is 13.3. The van der Waals surface area contributed by atoms with E-state index in [0.717, 1.165) is 11.3 Å². The van der Waals surface area contributed by atoms with Crippen LogP contribution in [0.2, 0.25) is 0 Å². The van der Waals surface area contributed by atoms with Gasteiger partial charge in [0.15, 0.2) is 5.82 Å². The highest BCUT2D eigenvalue weighted by molar-refractivity contribution is 5.66. The van der Waals surface area contributed by atoms with Crippen LogP contribution in [-0.2, 0) is 0 Å². The highest BCUT2D eigenvalue weighted by Gasteiger charge is 2.08. The van der Waals surface area contributed by atoms with Gasteiger partial charge in [0.25, 0.3) is 5.56 Å². The summed E-state index contributed by atoms with van der Waals surface area (Å²) in [6, 6.07) is 7.61. The van der Waals surface area contributed by atoms with E-state index in [9.17, 15) is 4.79 Å². The Morgan fingerprint density at radius 1 is 1.28 bits per heavy atom. The molecule has 5 N–H and O–H groups in total. The molecule has 0 saturated carbocycles. The molecule has 0 aliphatic carbocycles. The van der Waals surface area contributed by atoms with Gasteiger partial charge in [-0.3, -0.25) is 4.79 Å². The molecule has 0 aliphatic heterocycles. The number of hydrogen-bond donors (Lipinski definition) is 3. The zero-order valence-corrected chi connectivity index (χ0v) is 10.3. The van der Waals surface area contributed by atoms with Crippen LogP contribution in [0.3, 0.4) is 0 Å². The summed E-state index contributed by atoms with van der Waals surface area (Å²) in [4.78, 5) is 20.2. The minimum absolute atomic E-state index is 0.0454. The van der Waals surface area contributed by atoms with E-state index < -0.39 is 5.56 Å². The molecular weight excluding hydrogens is 230 g/mol. The first-order chi connectivity index (χ1) is 8.49. The fraction of sp³-hybridized carbons (Fsp3) is 0.167. The lowest BCUT2D eigenvalue weighted by molar-refractivity contribution is 1.12. The largest absolute Gasteiger partial charge is 0.391 e. The SMILES string of the molecule is CN(C)c1cccc(-c2nc(N)c(N)c(=O)[nH]2)c1. The Balaban J connectivity index is 2.55. The van der Waals surface area contributed by atoms with Crippen LogP contribution in [0, 0.1) is 0 Å². The van der Waals surface area contributed by atoms with Gasteiger partial charge in [-0.15, -0.1) is 0 Å². The number of H-pyrrole nitrogens is 1. The second-order valence-electron chi connectivity index (χ2n) is 4.16. The number of rotatable bonds is 2. The Morgan fingerprint density at radius 2 is 2.00 bits per heavy atom. The first-order valence-corrected chi connectivity index (χ1v) is 5.42. The number of aromatic amines is 1. The Hall–Kier alpha value is -2.50. The lowest BCUT2D eigenvalue weighted by atomic mass is 10.2. The van der Waals surface area contributed by atoms with Crippen molar-refractivity contribution in [3.8, 4) is 11.4 Å². The quantitative estimate of drug-likeness (QED) is 0.721. The molecule has 0 aliphatic rings. The smallest absolute Gasteiger partial charge is 0.276 e. The summed E-state index contributed by atoms with van der Waals surface area (Å²) >= 11 is 0. The van der Waals surface area contributed by atoms with Gasteiger partial charge in [0, 0.05) is 25.3 Å². The van der Waals surface area contributed by atoms with Crippen LogP contribution in [0.25, 0.3) is 11.4 Å². The molecule has 2 aromatic rings. The molecule has 0 amide bonds. The standard InChI is InChI=1S/C12H15N5O/c1-17(2)8-5-3-4-7(6-8)11-15-10(14)9(13)12(18)16-11/h3-6H,13H2,1-2H3,(H3,14,15,16,18). The molecule has 0 radical (unpaired) electrons. The van der Waals surface area contributed by atoms with Crippen LogP contribution < -0.4 is 21.9 Å². The third-order valence-corrected chi connectivity index (χ3v) is 2.62. The molecular formula is C12H15N5O. The first kappa shape index (κ1) is 12.0. The molecule has 6 heteroatoms. The van der Waals surface area contributed by atoms with Crippen molar-refractivity contribution in [2.45, 2.75) is 0 Å². The van der Waals surface area contributed by atoms with Crippen molar-refractivity contribution in [3.05, 3.63) is 34.6 Å². The Bertz CT molecular complexity index is 633. The third kappa shape index (κ3) is 2.13. The number of nitrogens with two attached hydrogens (primary N) is 2. The molecule has 0 atom stereocenters. The highest BCUT2D eigenvalue weighted by atomic mass is 16.1. The topological polar surface area (TPSA) is 101 Å². The van der Waals surface area contributed by atoms with Gasteiger partial charge >= 0.3 is 0 Å². The molecule has 0 fully saturated rings. The van der Waals surface area contributed by atoms with E-state index in [1.807, 2.05) is 43.3 Å². The predicted molar refractivity (Wildman–Crippen MR) is 73.4 cm³/mol. The maximum Gasteiger partial charge on any atom is 0.276 e. The van der Waals surface area contributed by atoms with Gasteiger partial charge in [0.05, 0.1) is 0 Å². The summed E-state index contributed by atoms with van der Waals surface area (Å²) in [6.45, 7) is 0. The van der Waals surface area contributed by atoms with Gasteiger partial charge in [-0.25, -0.2) is 4.98 Å². The minimum atomic E-state index is -0.423. The van der Waals surface area contributed by atoms with Crippen molar-refractivity contribution < 1.29 is 0 Å². The second kappa shape index (κ2) is 4.40. The van der Waals surface area contributed by atoms with E-state index in [1.165, 1.54) is 0 Å². The fourth-order valence-electron chi connectivity index (χ4n) is 1.57. The summed E-state index contributed by atoms with van der Waals surface area (Å²) in [7, 11) is 3.87. The lowest BCUT2D eigenvalue weighted by Gasteiger charge is -2.13. The molecule has 1 aromatic heterocycles. The predicted octanol–water partition coefficient (Wildman–Crippen LogP) is 0.667. The van der Waals surface area contributed by atoms with Gasteiger partial charge in [0.2, 0.25) is 0 Å². The van der Waals surface area contributed by atoms with Crippen LogP contribution in [0.15, 0.2) is 29.1 Å². The van der Waals surface area contributed by atoms with Crippen LogP contribution in [0.4, 0.5) is 17.2 Å². The summed E-state index contributed by atoms with van der Waals surface area (Å²) in [5, 5.41) is 0. The summed E-state index contributed by atoms with van der Waals surface area (Å²) in [6.07, 6.45) is 0.